The number of nitrogens with zero attached hydrogens (tertiary/aromatic N) is 2. The zero-order chi connectivity index (χ0) is 13.6. The van der Waals surface area contributed by atoms with Crippen LogP contribution in [-0.2, 0) is 6.54 Å². The summed E-state index contributed by atoms with van der Waals surface area (Å²) in [5, 5.41) is 20.0. The largest absolute Gasteiger partial charge is 0.494 e. The predicted octanol–water partition coefficient (Wildman–Crippen LogP) is 3.41. The number of nitrogens with one attached hydrogen (secondary N) is 1. The lowest BCUT2D eigenvalue weighted by molar-refractivity contribution is 0.425. The highest BCUT2D eigenvalue weighted by Crippen LogP contribution is 2.38. The molecule has 2 aromatic rings. The average Bonchev–Trinajstić information content (AvgIpc) is 2.68. The van der Waals surface area contributed by atoms with Gasteiger partial charge in [0.1, 0.15) is 5.69 Å². The molecule has 7 heteroatoms. The number of aromatic nitrogens is 1. The summed E-state index contributed by atoms with van der Waals surface area (Å²) in [5.41, 5.74) is 1.94. The molecule has 0 saturated heterocycles. The third kappa shape index (κ3) is 2.11. The van der Waals surface area contributed by atoms with Crippen molar-refractivity contribution in [1.29, 1.82) is 0 Å². The minimum Gasteiger partial charge on any atom is -0.494 e. The molecule has 0 aliphatic carbocycles. The van der Waals surface area contributed by atoms with E-state index in [2.05, 4.69) is 9.98 Å². The van der Waals surface area contributed by atoms with E-state index in [1.807, 2.05) is 0 Å². The van der Waals surface area contributed by atoms with Crippen molar-refractivity contribution in [3.63, 3.8) is 0 Å². The molecule has 19 heavy (non-hydrogen) atoms. The van der Waals surface area contributed by atoms with E-state index in [0.717, 1.165) is 5.56 Å². The topological polar surface area (TPSA) is 71.8 Å². The van der Waals surface area contributed by atoms with Crippen molar-refractivity contribution in [3.8, 4) is 11.8 Å². The number of rotatable bonds is 1. The summed E-state index contributed by atoms with van der Waals surface area (Å²) in [5.74, 6) is -0.244. The summed E-state index contributed by atoms with van der Waals surface area (Å²) >= 11 is 12.1. The molecule has 1 aromatic carbocycles. The van der Waals surface area contributed by atoms with Crippen LogP contribution in [0.5, 0.6) is 11.8 Å². The smallest absolute Gasteiger partial charge is 0.215 e. The summed E-state index contributed by atoms with van der Waals surface area (Å²) in [6.45, 7) is 0.430. The second kappa shape index (κ2) is 4.36. The minimum absolute atomic E-state index is 0.117. The number of anilines is 1. The van der Waals surface area contributed by atoms with Gasteiger partial charge in [-0.15, -0.1) is 0 Å². The van der Waals surface area contributed by atoms with E-state index in [1.54, 1.807) is 23.4 Å². The zero-order valence-electron chi connectivity index (χ0n) is 9.56. The Balaban J connectivity index is 2.01. The standard InChI is InChI=1S/C12H9Cl2N3O2/c13-6-1-8(14)7-4-17(5-15-9(7)2-6)10-3-11(18)16-12(10)19/h1-3,5,16,18-19H,4H2. The van der Waals surface area contributed by atoms with Crippen LogP contribution in [0.15, 0.2) is 23.2 Å². The first-order valence-electron chi connectivity index (χ1n) is 5.44. The molecular weight excluding hydrogens is 289 g/mol. The highest BCUT2D eigenvalue weighted by molar-refractivity contribution is 6.35. The maximum Gasteiger partial charge on any atom is 0.215 e. The SMILES string of the molecule is Oc1cc(N2C=Nc3cc(Cl)cc(Cl)c3C2)c(O)[nH]1. The summed E-state index contributed by atoms with van der Waals surface area (Å²) in [6, 6.07) is 4.79. The van der Waals surface area contributed by atoms with E-state index in [-0.39, 0.29) is 11.8 Å². The van der Waals surface area contributed by atoms with Crippen LogP contribution in [0.2, 0.25) is 10.0 Å². The normalized spacial score (nSPS) is 13.7. The van der Waals surface area contributed by atoms with E-state index in [4.69, 9.17) is 23.2 Å². The molecule has 3 N–H and O–H groups in total. The van der Waals surface area contributed by atoms with Crippen LogP contribution in [0.1, 0.15) is 5.56 Å². The first-order chi connectivity index (χ1) is 9.04. The van der Waals surface area contributed by atoms with E-state index < -0.39 is 0 Å². The molecule has 0 atom stereocenters. The number of benzene rings is 1. The lowest BCUT2D eigenvalue weighted by Crippen LogP contribution is -2.23. The maximum atomic E-state index is 9.67. The van der Waals surface area contributed by atoms with Gasteiger partial charge in [-0.25, -0.2) is 4.99 Å². The molecule has 0 radical (unpaired) electrons. The van der Waals surface area contributed by atoms with Gasteiger partial charge in [0.15, 0.2) is 5.88 Å². The number of hydrogen-bond donors (Lipinski definition) is 3. The van der Waals surface area contributed by atoms with Crippen molar-refractivity contribution in [2.45, 2.75) is 6.54 Å². The zero-order valence-corrected chi connectivity index (χ0v) is 11.1. The van der Waals surface area contributed by atoms with Crippen LogP contribution in [-0.4, -0.2) is 21.5 Å². The summed E-state index contributed by atoms with van der Waals surface area (Å²) in [6.07, 6.45) is 1.55. The quantitative estimate of drug-likeness (QED) is 0.755. The Kier molecular flexibility index (Phi) is 2.80. The number of aromatic hydroxyl groups is 2. The predicted molar refractivity (Wildman–Crippen MR) is 74.9 cm³/mol. The molecule has 0 bridgehead atoms. The van der Waals surface area contributed by atoms with Gasteiger partial charge in [-0.2, -0.15) is 0 Å². The lowest BCUT2D eigenvalue weighted by Gasteiger charge is -2.24. The molecule has 0 spiro atoms. The van der Waals surface area contributed by atoms with E-state index in [0.29, 0.717) is 28.0 Å². The van der Waals surface area contributed by atoms with Crippen LogP contribution in [0.25, 0.3) is 0 Å². The van der Waals surface area contributed by atoms with Crippen LogP contribution in [0.4, 0.5) is 11.4 Å². The van der Waals surface area contributed by atoms with Gasteiger partial charge in [0.2, 0.25) is 5.88 Å². The van der Waals surface area contributed by atoms with Gasteiger partial charge in [0.25, 0.3) is 0 Å². The van der Waals surface area contributed by atoms with Crippen molar-refractivity contribution in [3.05, 3.63) is 33.8 Å². The fourth-order valence-corrected chi connectivity index (χ4v) is 2.53. The summed E-state index contributed by atoms with van der Waals surface area (Å²) in [4.78, 5) is 8.33. The van der Waals surface area contributed by atoms with Crippen LogP contribution in [0.3, 0.4) is 0 Å². The minimum atomic E-state index is -0.127. The van der Waals surface area contributed by atoms with Crippen molar-refractivity contribution in [2.75, 3.05) is 4.90 Å². The Bertz CT molecular complexity index is 682. The molecule has 0 amide bonds. The Labute approximate surface area is 118 Å². The number of halogens is 2. The molecule has 5 nitrogen and oxygen atoms in total. The highest BCUT2D eigenvalue weighted by atomic mass is 35.5. The van der Waals surface area contributed by atoms with Crippen LogP contribution in [0, 0.1) is 0 Å². The summed E-state index contributed by atoms with van der Waals surface area (Å²) < 4.78 is 0. The fourth-order valence-electron chi connectivity index (χ4n) is 1.99. The van der Waals surface area contributed by atoms with Crippen LogP contribution >= 0.6 is 23.2 Å². The number of aliphatic imine (C=N–C) groups is 1. The number of fused-ring (bicyclic) bond motifs is 1. The van der Waals surface area contributed by atoms with Gasteiger partial charge in [-0.3, -0.25) is 4.98 Å². The first-order valence-corrected chi connectivity index (χ1v) is 6.20. The van der Waals surface area contributed by atoms with Gasteiger partial charge in [-0.05, 0) is 12.1 Å². The first kappa shape index (κ1) is 12.2. The molecular formula is C12H9Cl2N3O2. The molecule has 0 saturated carbocycles. The Morgan fingerprint density at radius 2 is 2.00 bits per heavy atom. The van der Waals surface area contributed by atoms with Crippen molar-refractivity contribution in [1.82, 2.24) is 4.98 Å². The second-order valence-corrected chi connectivity index (χ2v) is 4.99. The number of hydrogen-bond acceptors (Lipinski definition) is 4. The molecule has 98 valence electrons. The van der Waals surface area contributed by atoms with Gasteiger partial charge in [-0.1, -0.05) is 23.2 Å². The van der Waals surface area contributed by atoms with Crippen molar-refractivity contribution < 1.29 is 10.2 Å². The van der Waals surface area contributed by atoms with Gasteiger partial charge >= 0.3 is 0 Å². The molecule has 0 fully saturated rings. The molecule has 1 aromatic heterocycles. The third-order valence-electron chi connectivity index (χ3n) is 2.87. The molecule has 1 aliphatic heterocycles. The summed E-state index contributed by atoms with van der Waals surface area (Å²) in [7, 11) is 0. The van der Waals surface area contributed by atoms with E-state index >= 15 is 0 Å². The van der Waals surface area contributed by atoms with Crippen LogP contribution < -0.4 is 4.90 Å². The van der Waals surface area contributed by atoms with Crippen molar-refractivity contribution in [2.24, 2.45) is 4.99 Å². The maximum absolute atomic E-state index is 9.67. The third-order valence-corrected chi connectivity index (χ3v) is 3.43. The second-order valence-electron chi connectivity index (χ2n) is 4.15. The molecule has 1 aliphatic rings. The molecule has 3 rings (SSSR count). The molecule has 0 unspecified atom stereocenters. The molecule has 2 heterocycles. The van der Waals surface area contributed by atoms with E-state index in [1.165, 1.54) is 6.07 Å². The van der Waals surface area contributed by atoms with Crippen molar-refractivity contribution >= 4 is 40.9 Å². The number of H-pyrrole nitrogens is 1. The lowest BCUT2D eigenvalue weighted by atomic mass is 10.1. The average molecular weight is 298 g/mol. The highest BCUT2D eigenvalue weighted by Gasteiger charge is 2.20. The monoisotopic (exact) mass is 297 g/mol. The Hall–Kier alpha value is -1.85. The van der Waals surface area contributed by atoms with E-state index in [9.17, 15) is 10.2 Å². The Morgan fingerprint density at radius 1 is 1.21 bits per heavy atom. The van der Waals surface area contributed by atoms with Gasteiger partial charge in [0.05, 0.1) is 18.6 Å². The number of aromatic amines is 1. The Morgan fingerprint density at radius 3 is 2.68 bits per heavy atom. The fraction of sp³-hybridized carbons (Fsp3) is 0.0833. The van der Waals surface area contributed by atoms with Gasteiger partial charge in [0, 0.05) is 21.7 Å². The van der Waals surface area contributed by atoms with Gasteiger partial charge < -0.3 is 15.1 Å².